The van der Waals surface area contributed by atoms with Gasteiger partial charge >= 0.3 is 12.1 Å². The van der Waals surface area contributed by atoms with Gasteiger partial charge in [0.1, 0.15) is 11.6 Å². The van der Waals surface area contributed by atoms with Gasteiger partial charge in [0.25, 0.3) is 0 Å². The maximum atomic E-state index is 12.6. The molecule has 1 heterocycles. The highest BCUT2D eigenvalue weighted by Gasteiger charge is 2.25. The molecule has 1 aromatic heterocycles. The molecule has 1 atom stereocenters. The van der Waals surface area contributed by atoms with E-state index in [1.807, 2.05) is 30.3 Å². The van der Waals surface area contributed by atoms with Gasteiger partial charge in [-0.2, -0.15) is 0 Å². The van der Waals surface area contributed by atoms with Gasteiger partial charge in [0.15, 0.2) is 10.8 Å². The number of benzene rings is 1. The number of ether oxygens (including phenoxy) is 1. The van der Waals surface area contributed by atoms with Gasteiger partial charge in [-0.1, -0.05) is 30.3 Å². The standard InChI is InChI=1S/C18H21N3O5S/c1-18(2,3)26-17(25)20-12(9-11-7-5-4-6-8-11)14(22)21-16-19-13(10-27-16)15(23)24/h4-8,10,12H,9H2,1-3H3,(H,20,25)(H,23,24)(H,19,21,22)/t12-/m0/s1. The molecule has 0 fully saturated rings. The van der Waals surface area contributed by atoms with Crippen molar-refractivity contribution in [1.82, 2.24) is 10.3 Å². The molecule has 2 rings (SSSR count). The van der Waals surface area contributed by atoms with Gasteiger partial charge in [-0.3, -0.25) is 4.79 Å². The molecule has 2 amide bonds. The minimum absolute atomic E-state index is 0.140. The molecule has 144 valence electrons. The number of anilines is 1. The van der Waals surface area contributed by atoms with Gasteiger partial charge in [0, 0.05) is 11.8 Å². The largest absolute Gasteiger partial charge is 0.476 e. The SMILES string of the molecule is CC(C)(C)OC(=O)N[C@@H](Cc1ccccc1)C(=O)Nc1nc(C(=O)O)cs1. The lowest BCUT2D eigenvalue weighted by Crippen LogP contribution is -2.47. The van der Waals surface area contributed by atoms with Gasteiger partial charge in [0.2, 0.25) is 5.91 Å². The number of aromatic nitrogens is 1. The molecule has 0 aliphatic rings. The van der Waals surface area contributed by atoms with Crippen LogP contribution in [-0.4, -0.2) is 39.7 Å². The first kappa shape index (κ1) is 20.4. The monoisotopic (exact) mass is 391 g/mol. The maximum Gasteiger partial charge on any atom is 0.408 e. The number of hydrogen-bond donors (Lipinski definition) is 3. The summed E-state index contributed by atoms with van der Waals surface area (Å²) < 4.78 is 5.22. The molecule has 0 aliphatic carbocycles. The number of aromatic carboxylic acids is 1. The molecule has 0 aliphatic heterocycles. The first-order chi connectivity index (χ1) is 12.6. The quantitative estimate of drug-likeness (QED) is 0.697. The fourth-order valence-corrected chi connectivity index (χ4v) is 2.82. The number of carbonyl (C=O) groups is 3. The van der Waals surface area contributed by atoms with Crippen LogP contribution in [0.3, 0.4) is 0 Å². The van der Waals surface area contributed by atoms with Crippen molar-refractivity contribution in [2.45, 2.75) is 38.8 Å². The summed E-state index contributed by atoms with van der Waals surface area (Å²) in [6, 6.07) is 8.27. The Bertz CT molecular complexity index is 814. The summed E-state index contributed by atoms with van der Waals surface area (Å²) in [4.78, 5) is 39.5. The molecule has 0 saturated heterocycles. The van der Waals surface area contributed by atoms with Crippen LogP contribution in [0.1, 0.15) is 36.8 Å². The zero-order chi connectivity index (χ0) is 20.0. The Hall–Kier alpha value is -2.94. The van der Waals surface area contributed by atoms with Crippen LogP contribution in [0.4, 0.5) is 9.93 Å². The molecule has 0 bridgehead atoms. The van der Waals surface area contributed by atoms with E-state index in [1.165, 1.54) is 5.38 Å². The summed E-state index contributed by atoms with van der Waals surface area (Å²) in [5, 5.41) is 15.5. The number of thiazole rings is 1. The van der Waals surface area contributed by atoms with Crippen molar-refractivity contribution in [1.29, 1.82) is 0 Å². The lowest BCUT2D eigenvalue weighted by molar-refractivity contribution is -0.118. The molecule has 8 nitrogen and oxygen atoms in total. The van der Waals surface area contributed by atoms with Crippen LogP contribution in [-0.2, 0) is 16.0 Å². The summed E-state index contributed by atoms with van der Waals surface area (Å²) in [5.74, 6) is -1.70. The molecule has 3 N–H and O–H groups in total. The Balaban J connectivity index is 2.12. The van der Waals surface area contributed by atoms with Crippen LogP contribution in [0, 0.1) is 0 Å². The third-order valence-electron chi connectivity index (χ3n) is 3.24. The molecule has 9 heteroatoms. The number of nitrogens with zero attached hydrogens (tertiary/aromatic N) is 1. The molecule has 0 spiro atoms. The number of nitrogens with one attached hydrogen (secondary N) is 2. The Morgan fingerprint density at radius 2 is 1.89 bits per heavy atom. The molecule has 2 aromatic rings. The fraction of sp³-hybridized carbons (Fsp3) is 0.333. The topological polar surface area (TPSA) is 118 Å². The lowest BCUT2D eigenvalue weighted by atomic mass is 10.1. The van der Waals surface area contributed by atoms with Crippen LogP contribution in [0.25, 0.3) is 0 Å². The third-order valence-corrected chi connectivity index (χ3v) is 4.00. The van der Waals surface area contributed by atoms with Crippen molar-refractivity contribution in [3.8, 4) is 0 Å². The van der Waals surface area contributed by atoms with Crippen molar-refractivity contribution in [3.63, 3.8) is 0 Å². The number of rotatable bonds is 6. The van der Waals surface area contributed by atoms with E-state index in [0.717, 1.165) is 16.9 Å². The van der Waals surface area contributed by atoms with Crippen LogP contribution >= 0.6 is 11.3 Å². The zero-order valence-electron chi connectivity index (χ0n) is 15.2. The molecular formula is C18H21N3O5S. The van der Waals surface area contributed by atoms with Gasteiger partial charge in [0.05, 0.1) is 0 Å². The summed E-state index contributed by atoms with van der Waals surface area (Å²) in [7, 11) is 0. The Morgan fingerprint density at radius 1 is 1.22 bits per heavy atom. The van der Waals surface area contributed by atoms with Crippen molar-refractivity contribution in [3.05, 3.63) is 47.0 Å². The summed E-state index contributed by atoms with van der Waals surface area (Å²) >= 11 is 0.991. The van der Waals surface area contributed by atoms with Gasteiger partial charge in [-0.05, 0) is 26.3 Å². The fourth-order valence-electron chi connectivity index (χ4n) is 2.13. The number of carboxylic acid groups (broad SMARTS) is 1. The van der Waals surface area contributed by atoms with E-state index < -0.39 is 29.6 Å². The van der Waals surface area contributed by atoms with Gasteiger partial charge in [-0.25, -0.2) is 14.6 Å². The van der Waals surface area contributed by atoms with E-state index in [9.17, 15) is 14.4 Å². The Kier molecular flexibility index (Phi) is 6.51. The van der Waals surface area contributed by atoms with E-state index in [-0.39, 0.29) is 17.2 Å². The summed E-state index contributed by atoms with van der Waals surface area (Å²) in [6.07, 6.45) is -0.479. The van der Waals surface area contributed by atoms with Crippen molar-refractivity contribution >= 4 is 34.4 Å². The van der Waals surface area contributed by atoms with E-state index >= 15 is 0 Å². The van der Waals surface area contributed by atoms with Crippen LogP contribution in [0.15, 0.2) is 35.7 Å². The predicted molar refractivity (Wildman–Crippen MR) is 101 cm³/mol. The lowest BCUT2D eigenvalue weighted by Gasteiger charge is -2.23. The van der Waals surface area contributed by atoms with Gasteiger partial charge in [-0.15, -0.1) is 11.3 Å². The van der Waals surface area contributed by atoms with Crippen molar-refractivity contribution in [2.75, 3.05) is 5.32 Å². The Labute approximate surface area is 160 Å². The molecule has 0 saturated carbocycles. The summed E-state index contributed by atoms with van der Waals surface area (Å²) in [6.45, 7) is 5.17. The van der Waals surface area contributed by atoms with Crippen LogP contribution < -0.4 is 10.6 Å². The minimum Gasteiger partial charge on any atom is -0.476 e. The smallest absolute Gasteiger partial charge is 0.408 e. The normalized spacial score (nSPS) is 12.1. The highest BCUT2D eigenvalue weighted by molar-refractivity contribution is 7.14. The first-order valence-electron chi connectivity index (χ1n) is 8.17. The molecule has 27 heavy (non-hydrogen) atoms. The second-order valence-corrected chi connectivity index (χ2v) is 7.58. The highest BCUT2D eigenvalue weighted by Crippen LogP contribution is 2.16. The molecule has 0 unspecified atom stereocenters. The average Bonchev–Trinajstić information content (AvgIpc) is 3.02. The van der Waals surface area contributed by atoms with Gasteiger partial charge < -0.3 is 20.5 Å². The summed E-state index contributed by atoms with van der Waals surface area (Å²) in [5.41, 5.74) is -0.0158. The van der Waals surface area contributed by atoms with Crippen LogP contribution in [0.5, 0.6) is 0 Å². The average molecular weight is 391 g/mol. The molecule has 1 aromatic carbocycles. The Morgan fingerprint density at radius 3 is 2.44 bits per heavy atom. The van der Waals surface area contributed by atoms with E-state index in [2.05, 4.69) is 15.6 Å². The zero-order valence-corrected chi connectivity index (χ0v) is 16.0. The van der Waals surface area contributed by atoms with Crippen LogP contribution in [0.2, 0.25) is 0 Å². The second kappa shape index (κ2) is 8.63. The second-order valence-electron chi connectivity index (χ2n) is 6.72. The number of carbonyl (C=O) groups excluding carboxylic acids is 2. The predicted octanol–water partition coefficient (Wildman–Crippen LogP) is 2.92. The first-order valence-corrected chi connectivity index (χ1v) is 9.05. The number of carboxylic acids is 1. The number of alkyl carbamates (subject to hydrolysis) is 1. The van der Waals surface area contributed by atoms with Crippen molar-refractivity contribution < 1.29 is 24.2 Å². The maximum absolute atomic E-state index is 12.6. The highest BCUT2D eigenvalue weighted by atomic mass is 32.1. The number of hydrogen-bond acceptors (Lipinski definition) is 6. The number of amides is 2. The minimum atomic E-state index is -1.18. The van der Waals surface area contributed by atoms with E-state index in [4.69, 9.17) is 9.84 Å². The van der Waals surface area contributed by atoms with Crippen molar-refractivity contribution in [2.24, 2.45) is 0 Å². The van der Waals surface area contributed by atoms with E-state index in [1.54, 1.807) is 20.8 Å². The molecular weight excluding hydrogens is 370 g/mol. The molecule has 0 radical (unpaired) electrons. The third kappa shape index (κ3) is 6.70. The van der Waals surface area contributed by atoms with E-state index in [0.29, 0.717) is 0 Å².